The van der Waals surface area contributed by atoms with E-state index in [9.17, 15) is 0 Å². The highest BCUT2D eigenvalue weighted by molar-refractivity contribution is 9.10. The summed E-state index contributed by atoms with van der Waals surface area (Å²) >= 11 is 9.35. The van der Waals surface area contributed by atoms with Crippen LogP contribution in [-0.4, -0.2) is 6.04 Å². The second-order valence-electron chi connectivity index (χ2n) is 3.86. The maximum atomic E-state index is 5.99. The van der Waals surface area contributed by atoms with Gasteiger partial charge in [0.15, 0.2) is 0 Å². The van der Waals surface area contributed by atoms with Crippen LogP contribution in [0.3, 0.4) is 0 Å². The second-order valence-corrected chi connectivity index (χ2v) is 5.12. The second kappa shape index (κ2) is 5.15. The molecule has 0 aliphatic rings. The van der Waals surface area contributed by atoms with Crippen molar-refractivity contribution in [3.05, 3.63) is 33.3 Å². The van der Waals surface area contributed by atoms with Crippen molar-refractivity contribution in [2.45, 2.75) is 26.3 Å². The highest BCUT2D eigenvalue weighted by Crippen LogP contribution is 2.24. The lowest BCUT2D eigenvalue weighted by Gasteiger charge is -2.15. The van der Waals surface area contributed by atoms with Crippen LogP contribution < -0.4 is 5.73 Å². The van der Waals surface area contributed by atoms with Crippen molar-refractivity contribution in [2.75, 3.05) is 0 Å². The zero-order valence-corrected chi connectivity index (χ0v) is 10.8. The van der Waals surface area contributed by atoms with Gasteiger partial charge in [0.05, 0.1) is 5.02 Å². The molecule has 0 fully saturated rings. The van der Waals surface area contributed by atoms with Crippen molar-refractivity contribution in [1.29, 1.82) is 0 Å². The highest BCUT2D eigenvalue weighted by Gasteiger charge is 2.09. The first kappa shape index (κ1) is 12.0. The number of hydrogen-bond donors (Lipinski definition) is 1. The fourth-order valence-electron chi connectivity index (χ4n) is 1.17. The topological polar surface area (TPSA) is 26.0 Å². The van der Waals surface area contributed by atoms with Crippen LogP contribution in [0.1, 0.15) is 19.4 Å². The molecule has 0 radical (unpaired) electrons. The minimum atomic E-state index is 0.201. The van der Waals surface area contributed by atoms with Gasteiger partial charge in [-0.1, -0.05) is 31.5 Å². The molecule has 0 heterocycles. The van der Waals surface area contributed by atoms with Gasteiger partial charge in [-0.2, -0.15) is 0 Å². The molecule has 0 amide bonds. The Labute approximate surface area is 98.8 Å². The monoisotopic (exact) mass is 275 g/mol. The fraction of sp³-hybridized carbons (Fsp3) is 0.455. The van der Waals surface area contributed by atoms with Crippen LogP contribution in [0.4, 0.5) is 0 Å². The summed E-state index contributed by atoms with van der Waals surface area (Å²) in [4.78, 5) is 0. The third-order valence-electron chi connectivity index (χ3n) is 2.31. The number of rotatable bonds is 3. The van der Waals surface area contributed by atoms with Crippen molar-refractivity contribution >= 4 is 27.5 Å². The van der Waals surface area contributed by atoms with Gasteiger partial charge in [-0.05, 0) is 46.0 Å². The van der Waals surface area contributed by atoms with Crippen LogP contribution in [0.5, 0.6) is 0 Å². The van der Waals surface area contributed by atoms with E-state index >= 15 is 0 Å². The normalized spacial score (nSPS) is 13.3. The Balaban J connectivity index is 2.73. The van der Waals surface area contributed by atoms with Crippen molar-refractivity contribution in [3.8, 4) is 0 Å². The van der Waals surface area contributed by atoms with E-state index in [-0.39, 0.29) is 6.04 Å². The average molecular weight is 277 g/mol. The van der Waals surface area contributed by atoms with Gasteiger partial charge in [0, 0.05) is 10.5 Å². The molecule has 1 unspecified atom stereocenters. The van der Waals surface area contributed by atoms with Crippen LogP contribution in [0.15, 0.2) is 22.7 Å². The van der Waals surface area contributed by atoms with Crippen molar-refractivity contribution in [2.24, 2.45) is 11.7 Å². The smallest absolute Gasteiger partial charge is 0.0550 e. The lowest BCUT2D eigenvalue weighted by atomic mass is 9.97. The summed E-state index contributed by atoms with van der Waals surface area (Å²) in [5.74, 6) is 0.498. The van der Waals surface area contributed by atoms with Gasteiger partial charge in [-0.15, -0.1) is 0 Å². The molecule has 2 N–H and O–H groups in total. The average Bonchev–Trinajstić information content (AvgIpc) is 2.11. The van der Waals surface area contributed by atoms with E-state index < -0.39 is 0 Å². The summed E-state index contributed by atoms with van der Waals surface area (Å²) < 4.78 is 0.932. The van der Waals surface area contributed by atoms with E-state index in [0.717, 1.165) is 15.9 Å². The van der Waals surface area contributed by atoms with Crippen molar-refractivity contribution in [3.63, 3.8) is 0 Å². The van der Waals surface area contributed by atoms with E-state index in [0.29, 0.717) is 5.92 Å². The van der Waals surface area contributed by atoms with E-state index in [2.05, 4.69) is 35.8 Å². The maximum absolute atomic E-state index is 5.99. The summed E-state index contributed by atoms with van der Waals surface area (Å²) in [7, 11) is 0. The Hall–Kier alpha value is -0.0500. The molecule has 1 rings (SSSR count). The third kappa shape index (κ3) is 3.26. The Morgan fingerprint density at radius 2 is 2.07 bits per heavy atom. The largest absolute Gasteiger partial charge is 0.327 e. The number of hydrogen-bond acceptors (Lipinski definition) is 1. The molecule has 14 heavy (non-hydrogen) atoms. The van der Waals surface area contributed by atoms with Crippen LogP contribution in [-0.2, 0) is 6.42 Å². The maximum Gasteiger partial charge on any atom is 0.0550 e. The molecule has 1 aromatic carbocycles. The predicted molar refractivity (Wildman–Crippen MR) is 65.7 cm³/mol. The SMILES string of the molecule is CC(C)C(N)Cc1ccc(Br)c(Cl)c1. The van der Waals surface area contributed by atoms with E-state index in [1.165, 1.54) is 5.56 Å². The van der Waals surface area contributed by atoms with E-state index in [4.69, 9.17) is 17.3 Å². The van der Waals surface area contributed by atoms with E-state index in [1.54, 1.807) is 0 Å². The molecular formula is C11H15BrClN. The Morgan fingerprint density at radius 1 is 1.43 bits per heavy atom. The van der Waals surface area contributed by atoms with Gasteiger partial charge in [0.25, 0.3) is 0 Å². The number of nitrogens with two attached hydrogens (primary N) is 1. The number of benzene rings is 1. The van der Waals surface area contributed by atoms with Crippen LogP contribution in [0, 0.1) is 5.92 Å². The van der Waals surface area contributed by atoms with Crippen molar-refractivity contribution in [1.82, 2.24) is 0 Å². The molecule has 0 aliphatic heterocycles. The first-order valence-corrected chi connectivity index (χ1v) is 5.87. The number of halogens is 2. The summed E-state index contributed by atoms with van der Waals surface area (Å²) in [6.45, 7) is 4.26. The Kier molecular flexibility index (Phi) is 4.42. The van der Waals surface area contributed by atoms with Crippen LogP contribution in [0.2, 0.25) is 5.02 Å². The molecule has 0 saturated carbocycles. The first-order valence-electron chi connectivity index (χ1n) is 4.70. The lowest BCUT2D eigenvalue weighted by Crippen LogP contribution is -2.28. The van der Waals surface area contributed by atoms with Gasteiger partial charge in [0.1, 0.15) is 0 Å². The Morgan fingerprint density at radius 3 is 2.57 bits per heavy atom. The van der Waals surface area contributed by atoms with Gasteiger partial charge < -0.3 is 5.73 Å². The molecule has 3 heteroatoms. The van der Waals surface area contributed by atoms with Gasteiger partial charge in [-0.25, -0.2) is 0 Å². The van der Waals surface area contributed by atoms with Crippen LogP contribution >= 0.6 is 27.5 Å². The van der Waals surface area contributed by atoms with Gasteiger partial charge >= 0.3 is 0 Å². The van der Waals surface area contributed by atoms with Gasteiger partial charge in [-0.3, -0.25) is 0 Å². The van der Waals surface area contributed by atoms with Crippen molar-refractivity contribution < 1.29 is 0 Å². The molecule has 0 aliphatic carbocycles. The van der Waals surface area contributed by atoms with Crippen LogP contribution in [0.25, 0.3) is 0 Å². The minimum Gasteiger partial charge on any atom is -0.327 e. The molecule has 0 aromatic heterocycles. The molecule has 0 saturated heterocycles. The standard InChI is InChI=1S/C11H15BrClN/c1-7(2)11(14)6-8-3-4-9(12)10(13)5-8/h3-5,7,11H,6,14H2,1-2H3. The predicted octanol–water partition coefficient (Wildman–Crippen LogP) is 3.63. The zero-order valence-electron chi connectivity index (χ0n) is 8.43. The molecule has 1 atom stereocenters. The molecular weight excluding hydrogens is 261 g/mol. The quantitative estimate of drug-likeness (QED) is 0.896. The van der Waals surface area contributed by atoms with Gasteiger partial charge in [0.2, 0.25) is 0 Å². The van der Waals surface area contributed by atoms with E-state index in [1.807, 2.05) is 12.1 Å². The summed E-state index contributed by atoms with van der Waals surface area (Å²) in [6.07, 6.45) is 0.880. The molecule has 0 spiro atoms. The molecule has 0 bridgehead atoms. The lowest BCUT2D eigenvalue weighted by molar-refractivity contribution is 0.490. The summed E-state index contributed by atoms with van der Waals surface area (Å²) in [5, 5.41) is 0.749. The summed E-state index contributed by atoms with van der Waals surface area (Å²) in [5.41, 5.74) is 7.18. The highest BCUT2D eigenvalue weighted by atomic mass is 79.9. The molecule has 1 aromatic rings. The fourth-order valence-corrected chi connectivity index (χ4v) is 1.62. The third-order valence-corrected chi connectivity index (χ3v) is 3.54. The summed E-state index contributed by atoms with van der Waals surface area (Å²) in [6, 6.07) is 6.18. The minimum absolute atomic E-state index is 0.201. The first-order chi connectivity index (χ1) is 6.50. The Bertz CT molecular complexity index is 312. The molecule has 78 valence electrons. The molecule has 1 nitrogen and oxygen atoms in total. The zero-order chi connectivity index (χ0) is 10.7.